The molecule has 14 heavy (non-hydrogen) atoms. The molecule has 0 fully saturated rings. The molecule has 0 aliphatic carbocycles. The second-order valence-corrected chi connectivity index (χ2v) is 4.20. The number of benzene rings is 1. The molecule has 0 spiro atoms. The van der Waals surface area contributed by atoms with Crippen LogP contribution in [0.15, 0.2) is 18.2 Å². The molecular weight excluding hydrogens is 168 g/mol. The predicted molar refractivity (Wildman–Crippen MR) is 62.2 cm³/mol. The van der Waals surface area contributed by atoms with E-state index in [1.165, 1.54) is 11.1 Å². The fourth-order valence-electron chi connectivity index (χ4n) is 1.18. The molecule has 0 atom stereocenters. The molecule has 0 aliphatic rings. The topological polar surface area (TPSA) is 0 Å². The summed E-state index contributed by atoms with van der Waals surface area (Å²) >= 11 is 0. The summed E-state index contributed by atoms with van der Waals surface area (Å²) in [6, 6.07) is 6.38. The summed E-state index contributed by atoms with van der Waals surface area (Å²) in [5.74, 6) is 7.05. The molecule has 0 aliphatic heterocycles. The minimum Gasteiger partial charge on any atom is -0.0976 e. The molecule has 0 radical (unpaired) electrons. The van der Waals surface area contributed by atoms with Crippen molar-refractivity contribution in [3.8, 4) is 11.8 Å². The summed E-state index contributed by atoms with van der Waals surface area (Å²) in [5.41, 5.74) is 3.79. The van der Waals surface area contributed by atoms with Crippen molar-refractivity contribution in [3.63, 3.8) is 0 Å². The Morgan fingerprint density at radius 2 is 1.86 bits per heavy atom. The van der Waals surface area contributed by atoms with Crippen LogP contribution in [-0.4, -0.2) is 0 Å². The molecule has 0 bridgehead atoms. The van der Waals surface area contributed by atoms with Crippen LogP contribution in [-0.2, 0) is 0 Å². The lowest BCUT2D eigenvalue weighted by Gasteiger charge is -1.99. The third kappa shape index (κ3) is 3.26. The Balaban J connectivity index is 2.76. The second kappa shape index (κ2) is 4.86. The minimum atomic E-state index is 0.661. The van der Waals surface area contributed by atoms with Crippen LogP contribution in [0.3, 0.4) is 0 Å². The van der Waals surface area contributed by atoms with Crippen molar-refractivity contribution in [2.24, 2.45) is 5.92 Å². The van der Waals surface area contributed by atoms with Crippen LogP contribution >= 0.6 is 0 Å². The van der Waals surface area contributed by atoms with Crippen molar-refractivity contribution in [1.82, 2.24) is 0 Å². The molecule has 0 heteroatoms. The average Bonchev–Trinajstić information content (AvgIpc) is 2.10. The van der Waals surface area contributed by atoms with Gasteiger partial charge in [0.15, 0.2) is 0 Å². The molecule has 0 heterocycles. The van der Waals surface area contributed by atoms with E-state index in [1.807, 2.05) is 0 Å². The maximum absolute atomic E-state index is 3.20. The smallest absolute Gasteiger partial charge is 0.0248 e. The lowest BCUT2D eigenvalue weighted by molar-refractivity contribution is 0.676. The van der Waals surface area contributed by atoms with Gasteiger partial charge in [0.05, 0.1) is 0 Å². The molecular formula is C14H18. The molecule has 0 saturated carbocycles. The van der Waals surface area contributed by atoms with Gasteiger partial charge in [0.25, 0.3) is 0 Å². The molecule has 0 N–H and O–H groups in total. The molecule has 0 amide bonds. The normalized spacial score (nSPS) is 9.79. The van der Waals surface area contributed by atoms with Crippen molar-refractivity contribution in [2.75, 3.05) is 0 Å². The Morgan fingerprint density at radius 1 is 1.14 bits per heavy atom. The van der Waals surface area contributed by atoms with Gasteiger partial charge in [-0.3, -0.25) is 0 Å². The summed E-state index contributed by atoms with van der Waals surface area (Å²) in [4.78, 5) is 0. The highest BCUT2D eigenvalue weighted by Crippen LogP contribution is 2.08. The summed E-state index contributed by atoms with van der Waals surface area (Å²) in [5, 5.41) is 0. The summed E-state index contributed by atoms with van der Waals surface area (Å²) in [7, 11) is 0. The maximum Gasteiger partial charge on any atom is 0.0248 e. The van der Waals surface area contributed by atoms with E-state index in [0.717, 1.165) is 12.0 Å². The lowest BCUT2D eigenvalue weighted by Crippen LogP contribution is -1.84. The zero-order chi connectivity index (χ0) is 10.6. The van der Waals surface area contributed by atoms with Gasteiger partial charge in [-0.1, -0.05) is 31.8 Å². The molecule has 74 valence electrons. The molecule has 0 saturated heterocycles. The van der Waals surface area contributed by atoms with E-state index in [2.05, 4.69) is 57.7 Å². The largest absolute Gasteiger partial charge is 0.0976 e. The van der Waals surface area contributed by atoms with Crippen LogP contribution in [0.5, 0.6) is 0 Å². The van der Waals surface area contributed by atoms with E-state index in [4.69, 9.17) is 0 Å². The van der Waals surface area contributed by atoms with Gasteiger partial charge in [-0.25, -0.2) is 0 Å². The highest BCUT2D eigenvalue weighted by Gasteiger charge is 1.92. The van der Waals surface area contributed by atoms with Gasteiger partial charge >= 0.3 is 0 Å². The van der Waals surface area contributed by atoms with Crippen molar-refractivity contribution in [2.45, 2.75) is 34.1 Å². The number of rotatable bonds is 1. The first-order valence-corrected chi connectivity index (χ1v) is 5.15. The van der Waals surface area contributed by atoms with Crippen LogP contribution in [0, 0.1) is 31.6 Å². The van der Waals surface area contributed by atoms with E-state index >= 15 is 0 Å². The monoisotopic (exact) mass is 186 g/mol. The van der Waals surface area contributed by atoms with E-state index in [-0.39, 0.29) is 0 Å². The maximum atomic E-state index is 3.20. The zero-order valence-corrected chi connectivity index (χ0v) is 9.52. The fraction of sp³-hybridized carbons (Fsp3) is 0.429. The number of hydrogen-bond acceptors (Lipinski definition) is 0. The van der Waals surface area contributed by atoms with Gasteiger partial charge in [-0.2, -0.15) is 0 Å². The van der Waals surface area contributed by atoms with Gasteiger partial charge in [0, 0.05) is 12.0 Å². The summed E-state index contributed by atoms with van der Waals surface area (Å²) < 4.78 is 0. The van der Waals surface area contributed by atoms with Gasteiger partial charge < -0.3 is 0 Å². The molecule has 1 aromatic rings. The van der Waals surface area contributed by atoms with E-state index < -0.39 is 0 Å². The summed E-state index contributed by atoms with van der Waals surface area (Å²) in [6.45, 7) is 8.63. The average molecular weight is 186 g/mol. The van der Waals surface area contributed by atoms with Crippen LogP contribution in [0.25, 0.3) is 0 Å². The Bertz CT molecular complexity index is 361. The molecule has 0 aromatic heterocycles. The van der Waals surface area contributed by atoms with Crippen molar-refractivity contribution < 1.29 is 0 Å². The van der Waals surface area contributed by atoms with Crippen LogP contribution in [0.1, 0.15) is 37.0 Å². The van der Waals surface area contributed by atoms with Gasteiger partial charge in [-0.05, 0) is 43.0 Å². The zero-order valence-electron chi connectivity index (χ0n) is 9.52. The van der Waals surface area contributed by atoms with Crippen LogP contribution in [0.4, 0.5) is 0 Å². The molecule has 0 nitrogen and oxygen atoms in total. The van der Waals surface area contributed by atoms with Crippen LogP contribution in [0.2, 0.25) is 0 Å². The molecule has 0 unspecified atom stereocenters. The van der Waals surface area contributed by atoms with Crippen molar-refractivity contribution in [3.05, 3.63) is 34.9 Å². The van der Waals surface area contributed by atoms with Crippen molar-refractivity contribution in [1.29, 1.82) is 0 Å². The Kier molecular flexibility index (Phi) is 3.77. The first-order valence-electron chi connectivity index (χ1n) is 5.15. The van der Waals surface area contributed by atoms with Crippen molar-refractivity contribution >= 4 is 0 Å². The Labute approximate surface area is 87.4 Å². The van der Waals surface area contributed by atoms with E-state index in [0.29, 0.717) is 5.92 Å². The third-order valence-electron chi connectivity index (χ3n) is 2.25. The number of aryl methyl sites for hydroxylation is 2. The van der Waals surface area contributed by atoms with E-state index in [1.54, 1.807) is 0 Å². The number of hydrogen-bond donors (Lipinski definition) is 0. The Morgan fingerprint density at radius 3 is 2.43 bits per heavy atom. The molecule has 1 aromatic carbocycles. The molecule has 1 rings (SSSR count). The highest BCUT2D eigenvalue weighted by atomic mass is 14.0. The first-order chi connectivity index (χ1) is 6.59. The SMILES string of the molecule is Cc1ccc(C#CCC(C)C)cc1C. The minimum absolute atomic E-state index is 0.661. The van der Waals surface area contributed by atoms with Gasteiger partial charge in [0.1, 0.15) is 0 Å². The van der Waals surface area contributed by atoms with Gasteiger partial charge in [0.2, 0.25) is 0 Å². The van der Waals surface area contributed by atoms with Gasteiger partial charge in [-0.15, -0.1) is 0 Å². The summed E-state index contributed by atoms with van der Waals surface area (Å²) in [6.07, 6.45) is 0.979. The standard InChI is InChI=1S/C14H18/c1-11(2)6-5-7-14-9-8-12(3)13(4)10-14/h8-11H,6H2,1-4H3. The van der Waals surface area contributed by atoms with E-state index in [9.17, 15) is 0 Å². The highest BCUT2D eigenvalue weighted by molar-refractivity contribution is 5.39. The fourth-order valence-corrected chi connectivity index (χ4v) is 1.18. The third-order valence-corrected chi connectivity index (χ3v) is 2.25. The van der Waals surface area contributed by atoms with Crippen LogP contribution < -0.4 is 0 Å². The lowest BCUT2D eigenvalue weighted by atomic mass is 10.1. The second-order valence-electron chi connectivity index (χ2n) is 4.20. The first kappa shape index (κ1) is 10.9. The quantitative estimate of drug-likeness (QED) is 0.587. The Hall–Kier alpha value is -1.22. The predicted octanol–water partition coefficient (Wildman–Crippen LogP) is 3.70.